The van der Waals surface area contributed by atoms with Crippen LogP contribution in [0.1, 0.15) is 11.1 Å². The summed E-state index contributed by atoms with van der Waals surface area (Å²) >= 11 is 7.47. The Morgan fingerprint density at radius 1 is 1.10 bits per heavy atom. The molecule has 4 nitrogen and oxygen atoms in total. The Balaban J connectivity index is 1.58. The number of benzene rings is 3. The van der Waals surface area contributed by atoms with E-state index in [1.807, 2.05) is 24.3 Å². The fraction of sp³-hybridized carbons (Fsp3) is 0.0435. The van der Waals surface area contributed by atoms with Gasteiger partial charge < -0.3 is 4.74 Å². The molecule has 7 heteroatoms. The van der Waals surface area contributed by atoms with Gasteiger partial charge in [0.05, 0.1) is 15.6 Å². The molecule has 3 aromatic carbocycles. The minimum Gasteiger partial charge on any atom is -0.488 e. The van der Waals surface area contributed by atoms with Crippen molar-refractivity contribution in [2.45, 2.75) is 6.61 Å². The predicted octanol–water partition coefficient (Wildman–Crippen LogP) is 4.83. The van der Waals surface area contributed by atoms with Crippen LogP contribution in [0.4, 0.5) is 4.39 Å². The topological polar surface area (TPSA) is 43.6 Å². The Morgan fingerprint density at radius 3 is 2.77 bits per heavy atom. The van der Waals surface area contributed by atoms with Gasteiger partial charge >= 0.3 is 0 Å². The van der Waals surface area contributed by atoms with E-state index in [4.69, 9.17) is 16.3 Å². The smallest absolute Gasteiger partial charge is 0.274 e. The molecular weight excluding hydrogens is 423 g/mol. The number of thiazole rings is 1. The number of hydrogen-bond acceptors (Lipinski definition) is 4. The largest absolute Gasteiger partial charge is 0.488 e. The van der Waals surface area contributed by atoms with Crippen LogP contribution in [-0.4, -0.2) is 9.38 Å². The molecule has 0 aliphatic carbocycles. The molecule has 0 unspecified atom stereocenters. The van der Waals surface area contributed by atoms with Crippen molar-refractivity contribution in [3.05, 3.63) is 104 Å². The molecule has 148 valence electrons. The average molecular weight is 437 g/mol. The number of imidazole rings is 1. The number of hydrogen-bond donors (Lipinski definition) is 0. The summed E-state index contributed by atoms with van der Waals surface area (Å²) < 4.78 is 21.9. The highest BCUT2D eigenvalue weighted by Gasteiger charge is 2.12. The van der Waals surface area contributed by atoms with E-state index in [1.165, 1.54) is 17.4 Å². The van der Waals surface area contributed by atoms with Gasteiger partial charge in [0.15, 0.2) is 4.96 Å². The van der Waals surface area contributed by atoms with E-state index in [0.29, 0.717) is 31.4 Å². The first-order chi connectivity index (χ1) is 14.6. The average Bonchev–Trinajstić information content (AvgIpc) is 3.25. The normalized spacial score (nSPS) is 12.1. The summed E-state index contributed by atoms with van der Waals surface area (Å²) in [7, 11) is 0. The van der Waals surface area contributed by atoms with E-state index in [9.17, 15) is 9.18 Å². The van der Waals surface area contributed by atoms with Gasteiger partial charge in [-0.2, -0.15) is 0 Å². The van der Waals surface area contributed by atoms with Crippen molar-refractivity contribution in [2.24, 2.45) is 0 Å². The molecule has 0 saturated carbocycles. The maximum atomic E-state index is 13.9. The first-order valence-electron chi connectivity index (χ1n) is 9.17. The lowest BCUT2D eigenvalue weighted by molar-refractivity contribution is 0.299. The van der Waals surface area contributed by atoms with Crippen LogP contribution in [0.3, 0.4) is 0 Å². The maximum absolute atomic E-state index is 13.9. The monoisotopic (exact) mass is 436 g/mol. The summed E-state index contributed by atoms with van der Waals surface area (Å²) in [5, 5.41) is 0.513. The molecule has 0 aliphatic rings. The summed E-state index contributed by atoms with van der Waals surface area (Å²) in [4.78, 5) is 18.2. The van der Waals surface area contributed by atoms with Gasteiger partial charge in [0.1, 0.15) is 18.2 Å². The van der Waals surface area contributed by atoms with Crippen molar-refractivity contribution in [3.8, 4) is 5.75 Å². The Labute approximate surface area is 179 Å². The van der Waals surface area contributed by atoms with Crippen LogP contribution in [-0.2, 0) is 6.61 Å². The molecule has 5 rings (SSSR count). The summed E-state index contributed by atoms with van der Waals surface area (Å²) in [6.45, 7) is 0.0672. The number of nitrogens with zero attached hydrogens (tertiary/aromatic N) is 2. The Kier molecular flexibility index (Phi) is 4.73. The molecular formula is C23H14ClFN2O2S. The lowest BCUT2D eigenvalue weighted by Crippen LogP contribution is -2.22. The third-order valence-corrected chi connectivity index (χ3v) is 5.95. The molecule has 0 radical (unpaired) electrons. The zero-order valence-corrected chi connectivity index (χ0v) is 17.1. The van der Waals surface area contributed by atoms with Crippen molar-refractivity contribution in [2.75, 3.05) is 0 Å². The third kappa shape index (κ3) is 3.34. The standard InChI is InChI=1S/C23H14ClFN2O2S/c24-16-9-10-20(29-13-14-5-1-2-6-17(14)25)15(11-16)12-21-22(28)27-19-8-4-3-7-18(19)26-23(27)30-21/h1-12H,13H2. The molecule has 0 aliphatic heterocycles. The Morgan fingerprint density at radius 2 is 1.90 bits per heavy atom. The minimum atomic E-state index is -0.329. The predicted molar refractivity (Wildman–Crippen MR) is 118 cm³/mol. The van der Waals surface area contributed by atoms with Crippen molar-refractivity contribution in [1.82, 2.24) is 9.38 Å². The number of rotatable bonds is 4. The quantitative estimate of drug-likeness (QED) is 0.405. The lowest BCUT2D eigenvalue weighted by Gasteiger charge is -2.10. The zero-order chi connectivity index (χ0) is 20.7. The van der Waals surface area contributed by atoms with Crippen LogP contribution in [0.5, 0.6) is 5.75 Å². The maximum Gasteiger partial charge on any atom is 0.274 e. The van der Waals surface area contributed by atoms with Crippen LogP contribution in [0.2, 0.25) is 5.02 Å². The van der Waals surface area contributed by atoms with E-state index >= 15 is 0 Å². The second kappa shape index (κ2) is 7.55. The summed E-state index contributed by atoms with van der Waals surface area (Å²) in [5.41, 5.74) is 2.50. The van der Waals surface area contributed by atoms with Crippen LogP contribution >= 0.6 is 22.9 Å². The number of ether oxygens (including phenoxy) is 1. The first-order valence-corrected chi connectivity index (χ1v) is 10.4. The van der Waals surface area contributed by atoms with Gasteiger partial charge in [-0.1, -0.05) is 53.3 Å². The molecule has 0 spiro atoms. The molecule has 0 atom stereocenters. The number of fused-ring (bicyclic) bond motifs is 3. The van der Waals surface area contributed by atoms with Gasteiger partial charge in [-0.05, 0) is 42.5 Å². The highest BCUT2D eigenvalue weighted by Crippen LogP contribution is 2.25. The van der Waals surface area contributed by atoms with Gasteiger partial charge in [0, 0.05) is 16.1 Å². The van der Waals surface area contributed by atoms with Crippen LogP contribution < -0.4 is 14.8 Å². The minimum absolute atomic E-state index is 0.0672. The van der Waals surface area contributed by atoms with Crippen molar-refractivity contribution in [3.63, 3.8) is 0 Å². The second-order valence-corrected chi connectivity index (χ2v) is 8.14. The van der Waals surface area contributed by atoms with Crippen LogP contribution in [0.25, 0.3) is 22.1 Å². The Bertz CT molecular complexity index is 1510. The first kappa shape index (κ1) is 18.8. The summed E-state index contributed by atoms with van der Waals surface area (Å²) in [6, 6.07) is 19.1. The molecule has 0 bridgehead atoms. The van der Waals surface area contributed by atoms with E-state index in [2.05, 4.69) is 4.98 Å². The van der Waals surface area contributed by atoms with Crippen molar-refractivity contribution in [1.29, 1.82) is 0 Å². The Hall–Kier alpha value is -3.22. The van der Waals surface area contributed by atoms with Crippen molar-refractivity contribution < 1.29 is 9.13 Å². The molecule has 30 heavy (non-hydrogen) atoms. The van der Waals surface area contributed by atoms with E-state index in [1.54, 1.807) is 46.9 Å². The van der Waals surface area contributed by atoms with Crippen molar-refractivity contribution >= 4 is 45.0 Å². The van der Waals surface area contributed by atoms with Gasteiger partial charge in [0.25, 0.3) is 5.56 Å². The second-order valence-electron chi connectivity index (χ2n) is 6.70. The van der Waals surface area contributed by atoms with E-state index in [0.717, 1.165) is 11.0 Å². The van der Waals surface area contributed by atoms with Crippen LogP contribution in [0.15, 0.2) is 71.5 Å². The van der Waals surface area contributed by atoms with Gasteiger partial charge in [-0.25, -0.2) is 13.8 Å². The van der Waals surface area contributed by atoms with E-state index in [-0.39, 0.29) is 18.0 Å². The lowest BCUT2D eigenvalue weighted by atomic mass is 10.2. The van der Waals surface area contributed by atoms with Crippen LogP contribution in [0, 0.1) is 5.82 Å². The molecule has 0 fully saturated rings. The van der Waals surface area contributed by atoms with E-state index < -0.39 is 0 Å². The summed E-state index contributed by atoms with van der Waals surface area (Å²) in [6.07, 6.45) is 1.74. The summed E-state index contributed by atoms with van der Waals surface area (Å²) in [5.74, 6) is 0.183. The zero-order valence-electron chi connectivity index (χ0n) is 15.5. The number of halogens is 2. The van der Waals surface area contributed by atoms with Gasteiger partial charge in [-0.3, -0.25) is 4.79 Å². The van der Waals surface area contributed by atoms with Gasteiger partial charge in [0.2, 0.25) is 0 Å². The molecule has 2 heterocycles. The highest BCUT2D eigenvalue weighted by molar-refractivity contribution is 7.15. The highest BCUT2D eigenvalue weighted by atomic mass is 35.5. The fourth-order valence-corrected chi connectivity index (χ4v) is 4.45. The number of para-hydroxylation sites is 2. The third-order valence-electron chi connectivity index (χ3n) is 4.74. The number of aromatic nitrogens is 2. The fourth-order valence-electron chi connectivity index (χ4n) is 3.29. The van der Waals surface area contributed by atoms with Gasteiger partial charge in [-0.15, -0.1) is 0 Å². The molecule has 0 N–H and O–H groups in total. The molecule has 0 saturated heterocycles. The molecule has 5 aromatic rings. The SMILES string of the molecule is O=c1c(=Cc2cc(Cl)ccc2OCc2ccccc2F)sc2nc3ccccc3n12. The molecule has 0 amide bonds. The molecule has 2 aromatic heterocycles.